The normalized spacial score (nSPS) is 25.0. The lowest BCUT2D eigenvalue weighted by molar-refractivity contribution is -0.137. The molecule has 0 spiro atoms. The maximum Gasteiger partial charge on any atom is 0.226 e. The van der Waals surface area contributed by atoms with Crippen LogP contribution in [0.25, 0.3) is 0 Å². The van der Waals surface area contributed by atoms with E-state index in [1.165, 1.54) is 11.1 Å². The number of benzene rings is 1. The number of nitrogens with one attached hydrogen (secondary N) is 1. The molecule has 0 saturated carbocycles. The highest BCUT2D eigenvalue weighted by molar-refractivity contribution is 9.10. The fraction of sp³-hybridized carbons (Fsp3) is 0.562. The predicted octanol–water partition coefficient (Wildman–Crippen LogP) is 3.14. The first-order valence-electron chi connectivity index (χ1n) is 7.43. The molecule has 0 aromatic heterocycles. The highest BCUT2D eigenvalue weighted by atomic mass is 79.9. The third-order valence-corrected chi connectivity index (χ3v) is 5.24. The van der Waals surface area contributed by atoms with Crippen LogP contribution in [0.2, 0.25) is 0 Å². The maximum absolute atomic E-state index is 12.7. The Kier molecular flexibility index (Phi) is 5.69. The second kappa shape index (κ2) is 7.12. The first-order valence-corrected chi connectivity index (χ1v) is 8.23. The molecule has 1 saturated heterocycles. The van der Waals surface area contributed by atoms with Crippen molar-refractivity contribution >= 4 is 34.2 Å². The monoisotopic (exact) mass is 372 g/mol. The van der Waals surface area contributed by atoms with Crippen molar-refractivity contribution in [2.45, 2.75) is 38.8 Å². The molecule has 1 aromatic rings. The second-order valence-corrected chi connectivity index (χ2v) is 6.82. The van der Waals surface area contributed by atoms with Crippen LogP contribution in [0.4, 0.5) is 0 Å². The summed E-state index contributed by atoms with van der Waals surface area (Å²) in [7, 11) is 0. The molecule has 2 aliphatic rings. The van der Waals surface area contributed by atoms with E-state index in [-0.39, 0.29) is 18.3 Å². The SMILES string of the molecule is C[C@H]1C[C@@H](C(=O)N2CCc3cccc(Br)c3C2)CCN1.Cl. The van der Waals surface area contributed by atoms with Crippen molar-refractivity contribution in [3.05, 3.63) is 33.8 Å². The van der Waals surface area contributed by atoms with Crippen LogP contribution in [-0.4, -0.2) is 29.9 Å². The van der Waals surface area contributed by atoms with Gasteiger partial charge in [0, 0.05) is 29.5 Å². The van der Waals surface area contributed by atoms with Gasteiger partial charge in [0.1, 0.15) is 0 Å². The lowest BCUT2D eigenvalue weighted by atomic mass is 9.90. The highest BCUT2D eigenvalue weighted by Gasteiger charge is 2.30. The number of rotatable bonds is 1. The Hall–Kier alpha value is -0.580. The molecule has 3 nitrogen and oxygen atoms in total. The zero-order valence-electron chi connectivity index (χ0n) is 12.3. The van der Waals surface area contributed by atoms with Crippen molar-refractivity contribution in [1.82, 2.24) is 10.2 Å². The van der Waals surface area contributed by atoms with Crippen molar-refractivity contribution in [1.29, 1.82) is 0 Å². The van der Waals surface area contributed by atoms with Crippen LogP contribution < -0.4 is 5.32 Å². The van der Waals surface area contributed by atoms with E-state index in [1.54, 1.807) is 0 Å². The van der Waals surface area contributed by atoms with Crippen molar-refractivity contribution in [2.75, 3.05) is 13.1 Å². The number of nitrogens with zero attached hydrogens (tertiary/aromatic N) is 1. The predicted molar refractivity (Wildman–Crippen MR) is 90.7 cm³/mol. The maximum atomic E-state index is 12.7. The standard InChI is InChI=1S/C16H21BrN2O.ClH/c1-11-9-13(5-7-18-11)16(20)19-8-6-12-3-2-4-15(17)14(12)10-19;/h2-4,11,13,18H,5-10H2,1H3;1H/t11-,13-;/m0./s1. The van der Waals surface area contributed by atoms with E-state index in [0.29, 0.717) is 11.9 Å². The molecule has 1 fully saturated rings. The van der Waals surface area contributed by atoms with Gasteiger partial charge in [-0.05, 0) is 49.9 Å². The van der Waals surface area contributed by atoms with E-state index in [9.17, 15) is 4.79 Å². The smallest absolute Gasteiger partial charge is 0.226 e. The van der Waals surface area contributed by atoms with Crippen molar-refractivity contribution in [3.8, 4) is 0 Å². The van der Waals surface area contributed by atoms with Crippen molar-refractivity contribution in [3.63, 3.8) is 0 Å². The summed E-state index contributed by atoms with van der Waals surface area (Å²) in [6, 6.07) is 6.78. The van der Waals surface area contributed by atoms with Gasteiger partial charge in [-0.25, -0.2) is 0 Å². The lowest BCUT2D eigenvalue weighted by Gasteiger charge is -2.35. The summed E-state index contributed by atoms with van der Waals surface area (Å²) in [5.41, 5.74) is 2.66. The number of amides is 1. The number of carbonyl (C=O) groups is 1. The molecule has 0 unspecified atom stereocenters. The second-order valence-electron chi connectivity index (χ2n) is 5.96. The molecule has 2 heterocycles. The number of hydrogen-bond donors (Lipinski definition) is 1. The van der Waals surface area contributed by atoms with Crippen LogP contribution in [0, 0.1) is 5.92 Å². The van der Waals surface area contributed by atoms with E-state index in [4.69, 9.17) is 0 Å². The van der Waals surface area contributed by atoms with Crippen LogP contribution in [0.1, 0.15) is 30.9 Å². The zero-order valence-corrected chi connectivity index (χ0v) is 14.7. The van der Waals surface area contributed by atoms with E-state index >= 15 is 0 Å². The average Bonchev–Trinajstić information content (AvgIpc) is 2.47. The van der Waals surface area contributed by atoms with E-state index in [0.717, 1.165) is 43.4 Å². The molecule has 3 rings (SSSR count). The van der Waals surface area contributed by atoms with Gasteiger partial charge in [0.15, 0.2) is 0 Å². The number of halogens is 2. The first kappa shape index (κ1) is 16.8. The summed E-state index contributed by atoms with van der Waals surface area (Å²) in [6.45, 7) is 4.75. The molecule has 1 aromatic carbocycles. The summed E-state index contributed by atoms with van der Waals surface area (Å²) >= 11 is 3.62. The summed E-state index contributed by atoms with van der Waals surface area (Å²) in [5.74, 6) is 0.551. The first-order chi connectivity index (χ1) is 9.65. The minimum atomic E-state index is 0. The highest BCUT2D eigenvalue weighted by Crippen LogP contribution is 2.28. The molecule has 0 aliphatic carbocycles. The van der Waals surface area contributed by atoms with Gasteiger partial charge in [0.2, 0.25) is 5.91 Å². The molecule has 21 heavy (non-hydrogen) atoms. The number of carbonyl (C=O) groups excluding carboxylic acids is 1. The minimum Gasteiger partial charge on any atom is -0.338 e. The molecule has 2 aliphatic heterocycles. The topological polar surface area (TPSA) is 32.3 Å². The number of piperidine rings is 1. The van der Waals surface area contributed by atoms with Gasteiger partial charge in [-0.15, -0.1) is 12.4 Å². The van der Waals surface area contributed by atoms with Crippen LogP contribution in [-0.2, 0) is 17.8 Å². The Morgan fingerprint density at radius 3 is 3.00 bits per heavy atom. The van der Waals surface area contributed by atoms with Gasteiger partial charge in [-0.2, -0.15) is 0 Å². The third-order valence-electron chi connectivity index (χ3n) is 4.50. The minimum absolute atomic E-state index is 0. The van der Waals surface area contributed by atoms with Crippen molar-refractivity contribution < 1.29 is 4.79 Å². The van der Waals surface area contributed by atoms with E-state index in [1.807, 2.05) is 0 Å². The number of fused-ring (bicyclic) bond motifs is 1. The fourth-order valence-corrected chi connectivity index (χ4v) is 3.88. The quantitative estimate of drug-likeness (QED) is 0.820. The largest absolute Gasteiger partial charge is 0.338 e. The van der Waals surface area contributed by atoms with Crippen LogP contribution >= 0.6 is 28.3 Å². The molecular weight excluding hydrogens is 352 g/mol. The van der Waals surface area contributed by atoms with Gasteiger partial charge in [-0.1, -0.05) is 28.1 Å². The Bertz CT molecular complexity index is 523. The molecule has 1 amide bonds. The zero-order chi connectivity index (χ0) is 14.1. The third kappa shape index (κ3) is 3.61. The summed E-state index contributed by atoms with van der Waals surface area (Å²) < 4.78 is 1.13. The molecule has 2 atom stereocenters. The Morgan fingerprint density at radius 2 is 2.24 bits per heavy atom. The summed E-state index contributed by atoms with van der Waals surface area (Å²) in [4.78, 5) is 14.8. The summed E-state index contributed by atoms with van der Waals surface area (Å²) in [5, 5.41) is 3.42. The van der Waals surface area contributed by atoms with Crippen molar-refractivity contribution in [2.24, 2.45) is 5.92 Å². The van der Waals surface area contributed by atoms with Gasteiger partial charge < -0.3 is 10.2 Å². The van der Waals surface area contributed by atoms with Crippen LogP contribution in [0.5, 0.6) is 0 Å². The van der Waals surface area contributed by atoms with Gasteiger partial charge in [0.05, 0.1) is 0 Å². The van der Waals surface area contributed by atoms with E-state index < -0.39 is 0 Å². The molecule has 1 N–H and O–H groups in total. The van der Waals surface area contributed by atoms with E-state index in [2.05, 4.69) is 51.3 Å². The molecule has 5 heteroatoms. The van der Waals surface area contributed by atoms with Gasteiger partial charge >= 0.3 is 0 Å². The van der Waals surface area contributed by atoms with Crippen LogP contribution in [0.15, 0.2) is 22.7 Å². The molecule has 0 bridgehead atoms. The lowest BCUT2D eigenvalue weighted by Crippen LogP contribution is -2.45. The average molecular weight is 374 g/mol. The molecule has 116 valence electrons. The summed E-state index contributed by atoms with van der Waals surface area (Å²) in [6.07, 6.45) is 2.92. The van der Waals surface area contributed by atoms with Crippen LogP contribution in [0.3, 0.4) is 0 Å². The fourth-order valence-electron chi connectivity index (χ4n) is 3.34. The Labute approximate surface area is 141 Å². The number of hydrogen-bond acceptors (Lipinski definition) is 2. The Morgan fingerprint density at radius 1 is 1.43 bits per heavy atom. The molecular formula is C16H22BrClN2O. The Balaban J connectivity index is 0.00000161. The van der Waals surface area contributed by atoms with Gasteiger partial charge in [0.25, 0.3) is 0 Å². The van der Waals surface area contributed by atoms with Gasteiger partial charge in [-0.3, -0.25) is 4.79 Å². The molecule has 0 radical (unpaired) electrons.